The van der Waals surface area contributed by atoms with Gasteiger partial charge in [0.2, 0.25) is 0 Å². The summed E-state index contributed by atoms with van der Waals surface area (Å²) in [6.07, 6.45) is 3.21. The quantitative estimate of drug-likeness (QED) is 0.694. The number of hydrogen-bond acceptors (Lipinski definition) is 5. The summed E-state index contributed by atoms with van der Waals surface area (Å²) in [7, 11) is 1.34. The molecule has 0 aromatic carbocycles. The Bertz CT molecular complexity index is 883. The van der Waals surface area contributed by atoms with E-state index in [-0.39, 0.29) is 0 Å². The van der Waals surface area contributed by atoms with E-state index in [1.54, 1.807) is 22.9 Å². The molecule has 0 bridgehead atoms. The molecule has 3 heterocycles. The highest BCUT2D eigenvalue weighted by Gasteiger charge is 2.17. The lowest BCUT2D eigenvalue weighted by Crippen LogP contribution is -2.08. The van der Waals surface area contributed by atoms with Crippen molar-refractivity contribution in [2.75, 3.05) is 7.11 Å². The lowest BCUT2D eigenvalue weighted by molar-refractivity contribution is 0.0600. The molecule has 0 aliphatic carbocycles. The normalized spacial score (nSPS) is 10.6. The molecule has 0 atom stereocenters. The van der Waals surface area contributed by atoms with Gasteiger partial charge in [0.25, 0.3) is 0 Å². The molecule has 0 radical (unpaired) electrons. The van der Waals surface area contributed by atoms with Gasteiger partial charge in [-0.05, 0) is 31.2 Å². The highest BCUT2D eigenvalue weighted by molar-refractivity contribution is 5.94. The van der Waals surface area contributed by atoms with Gasteiger partial charge in [-0.2, -0.15) is 0 Å². The van der Waals surface area contributed by atoms with Gasteiger partial charge in [-0.25, -0.2) is 9.31 Å². The number of esters is 1. The van der Waals surface area contributed by atoms with Gasteiger partial charge in [0.05, 0.1) is 35.8 Å². The molecule has 0 fully saturated rings. The fourth-order valence-corrected chi connectivity index (χ4v) is 2.37. The Morgan fingerprint density at radius 1 is 1.41 bits per heavy atom. The van der Waals surface area contributed by atoms with E-state index in [1.165, 1.54) is 7.11 Å². The van der Waals surface area contributed by atoms with Crippen LogP contribution in [0.2, 0.25) is 0 Å². The summed E-state index contributed by atoms with van der Waals surface area (Å²) in [5.41, 5.74) is 4.10. The van der Waals surface area contributed by atoms with Crippen molar-refractivity contribution >= 4 is 17.6 Å². The van der Waals surface area contributed by atoms with Crippen LogP contribution in [0, 0.1) is 6.92 Å². The molecule has 0 spiro atoms. The highest BCUT2D eigenvalue weighted by Crippen LogP contribution is 2.26. The van der Waals surface area contributed by atoms with Gasteiger partial charge in [-0.15, -0.1) is 5.10 Å². The summed E-state index contributed by atoms with van der Waals surface area (Å²) in [4.78, 5) is 16.4. The van der Waals surface area contributed by atoms with Crippen molar-refractivity contribution in [2.45, 2.75) is 6.92 Å². The first kappa shape index (κ1) is 13.9. The van der Waals surface area contributed by atoms with Gasteiger partial charge in [0.1, 0.15) is 0 Å². The number of aromatic nitrogens is 4. The van der Waals surface area contributed by atoms with Crippen LogP contribution in [-0.2, 0) is 4.74 Å². The molecule has 0 saturated carbocycles. The minimum atomic E-state index is -0.450. The van der Waals surface area contributed by atoms with Crippen LogP contribution in [0.1, 0.15) is 21.7 Å². The van der Waals surface area contributed by atoms with E-state index in [0.29, 0.717) is 11.3 Å². The molecule has 3 aromatic rings. The number of fused-ring (bicyclic) bond motifs is 1. The molecule has 0 amide bonds. The van der Waals surface area contributed by atoms with E-state index in [2.05, 4.69) is 21.9 Å². The second-order valence-electron chi connectivity index (χ2n) is 4.73. The van der Waals surface area contributed by atoms with E-state index in [1.807, 2.05) is 25.1 Å². The van der Waals surface area contributed by atoms with E-state index < -0.39 is 5.97 Å². The molecule has 6 nitrogen and oxygen atoms in total. The maximum absolute atomic E-state index is 12.0. The number of rotatable bonds is 3. The predicted molar refractivity (Wildman–Crippen MR) is 82.4 cm³/mol. The molecule has 6 heteroatoms. The van der Waals surface area contributed by atoms with Crippen LogP contribution in [0.3, 0.4) is 0 Å². The summed E-state index contributed by atoms with van der Waals surface area (Å²) in [5.74, 6) is -0.450. The Kier molecular flexibility index (Phi) is 3.42. The number of carbonyl (C=O) groups excluding carboxylic acids is 1. The summed E-state index contributed by atoms with van der Waals surface area (Å²) in [5, 5.41) is 7.99. The monoisotopic (exact) mass is 294 g/mol. The second kappa shape index (κ2) is 5.40. The highest BCUT2D eigenvalue weighted by atomic mass is 16.5. The Hall–Kier alpha value is -3.02. The van der Waals surface area contributed by atoms with Crippen molar-refractivity contribution in [3.63, 3.8) is 0 Å². The van der Waals surface area contributed by atoms with E-state index >= 15 is 0 Å². The molecule has 0 saturated heterocycles. The average molecular weight is 294 g/mol. The fraction of sp³-hybridized carbons (Fsp3) is 0.125. The van der Waals surface area contributed by atoms with Crippen LogP contribution in [0.4, 0.5) is 0 Å². The van der Waals surface area contributed by atoms with Crippen molar-refractivity contribution in [1.29, 1.82) is 0 Å². The third-order valence-electron chi connectivity index (χ3n) is 3.44. The summed E-state index contributed by atoms with van der Waals surface area (Å²) in [6.45, 7) is 5.57. The standard InChI is InChI=1S/C16H14N4O2/c1-4-14-13(16(21)22-3)8-12(10(2)18-14)15-7-5-6-11-9-17-19-20(11)15/h4-9H,1H2,2-3H3. The van der Waals surface area contributed by atoms with Crippen LogP contribution in [0.15, 0.2) is 37.0 Å². The largest absolute Gasteiger partial charge is 0.465 e. The molecule has 0 N–H and O–H groups in total. The van der Waals surface area contributed by atoms with Crippen LogP contribution in [0.5, 0.6) is 0 Å². The maximum atomic E-state index is 12.0. The Labute approximate surface area is 127 Å². The SMILES string of the molecule is C=Cc1nc(C)c(-c2cccc3cnnn23)cc1C(=O)OC. The van der Waals surface area contributed by atoms with Crippen molar-refractivity contribution < 1.29 is 9.53 Å². The van der Waals surface area contributed by atoms with Crippen molar-refractivity contribution in [2.24, 2.45) is 0 Å². The minimum Gasteiger partial charge on any atom is -0.465 e. The topological polar surface area (TPSA) is 69.4 Å². The number of carbonyl (C=O) groups is 1. The van der Waals surface area contributed by atoms with E-state index in [0.717, 1.165) is 22.5 Å². The van der Waals surface area contributed by atoms with Gasteiger partial charge in [0.15, 0.2) is 0 Å². The maximum Gasteiger partial charge on any atom is 0.340 e. The molecular weight excluding hydrogens is 280 g/mol. The third kappa shape index (κ3) is 2.14. The number of aryl methyl sites for hydroxylation is 1. The summed E-state index contributed by atoms with van der Waals surface area (Å²) < 4.78 is 6.53. The van der Waals surface area contributed by atoms with Crippen LogP contribution in [0.25, 0.3) is 22.9 Å². The molecular formula is C16H14N4O2. The van der Waals surface area contributed by atoms with Gasteiger partial charge in [0, 0.05) is 11.3 Å². The molecule has 0 unspecified atom stereocenters. The number of methoxy groups -OCH3 is 1. The zero-order chi connectivity index (χ0) is 15.7. The molecule has 110 valence electrons. The Balaban J connectivity index is 2.29. The number of ether oxygens (including phenoxy) is 1. The smallest absolute Gasteiger partial charge is 0.340 e. The third-order valence-corrected chi connectivity index (χ3v) is 3.44. The van der Waals surface area contributed by atoms with Gasteiger partial charge in [-0.1, -0.05) is 17.9 Å². The number of hydrogen-bond donors (Lipinski definition) is 0. The number of nitrogens with zero attached hydrogens (tertiary/aromatic N) is 4. The Morgan fingerprint density at radius 2 is 2.23 bits per heavy atom. The van der Waals surface area contributed by atoms with Gasteiger partial charge < -0.3 is 4.74 Å². The second-order valence-corrected chi connectivity index (χ2v) is 4.73. The number of pyridine rings is 2. The predicted octanol–water partition coefficient (Wildman–Crippen LogP) is 2.53. The average Bonchev–Trinajstić information content (AvgIpc) is 3.02. The molecule has 3 aromatic heterocycles. The van der Waals surface area contributed by atoms with Crippen LogP contribution < -0.4 is 0 Å². The summed E-state index contributed by atoms with van der Waals surface area (Å²) >= 11 is 0. The molecule has 0 aliphatic rings. The zero-order valence-corrected chi connectivity index (χ0v) is 12.3. The Morgan fingerprint density at radius 3 is 2.95 bits per heavy atom. The molecule has 3 rings (SSSR count). The van der Waals surface area contributed by atoms with E-state index in [9.17, 15) is 4.79 Å². The minimum absolute atomic E-state index is 0.371. The van der Waals surface area contributed by atoms with Crippen LogP contribution in [-0.4, -0.2) is 32.9 Å². The van der Waals surface area contributed by atoms with Crippen molar-refractivity contribution in [3.05, 3.63) is 54.0 Å². The van der Waals surface area contributed by atoms with Gasteiger partial charge >= 0.3 is 5.97 Å². The van der Waals surface area contributed by atoms with Crippen molar-refractivity contribution in [3.8, 4) is 11.3 Å². The van der Waals surface area contributed by atoms with E-state index in [4.69, 9.17) is 4.74 Å². The molecule has 0 aliphatic heterocycles. The molecule has 22 heavy (non-hydrogen) atoms. The lowest BCUT2D eigenvalue weighted by Gasteiger charge is -2.11. The summed E-state index contributed by atoms with van der Waals surface area (Å²) in [6, 6.07) is 7.47. The fourth-order valence-electron chi connectivity index (χ4n) is 2.37. The van der Waals surface area contributed by atoms with Gasteiger partial charge in [-0.3, -0.25) is 4.98 Å². The van der Waals surface area contributed by atoms with Crippen LogP contribution >= 0.6 is 0 Å². The van der Waals surface area contributed by atoms with Crippen molar-refractivity contribution in [1.82, 2.24) is 19.8 Å². The first-order valence-corrected chi connectivity index (χ1v) is 6.68. The lowest BCUT2D eigenvalue weighted by atomic mass is 10.0. The first-order valence-electron chi connectivity index (χ1n) is 6.68. The first-order chi connectivity index (χ1) is 10.7. The zero-order valence-electron chi connectivity index (χ0n) is 12.3.